The quantitative estimate of drug-likeness (QED) is 0.537. The lowest BCUT2D eigenvalue weighted by molar-refractivity contribution is 0.0972. The van der Waals surface area contributed by atoms with Crippen LogP contribution in [0.4, 0.5) is 5.69 Å². The molecule has 0 bridgehead atoms. The highest BCUT2D eigenvalue weighted by Gasteiger charge is 2.15. The van der Waals surface area contributed by atoms with E-state index in [0.717, 1.165) is 13.1 Å². The summed E-state index contributed by atoms with van der Waals surface area (Å²) in [5.74, 6) is 0.860. The van der Waals surface area contributed by atoms with Gasteiger partial charge in [-0.25, -0.2) is 0 Å². The number of carbonyl (C=O) groups excluding carboxylic acids is 1. The Morgan fingerprint density at radius 3 is 2.74 bits per heavy atom. The van der Waals surface area contributed by atoms with Crippen LogP contribution < -0.4 is 21.3 Å². The Hall–Kier alpha value is -2.96. The number of nitrogens with zero attached hydrogens (tertiary/aromatic N) is 2. The normalized spacial score (nSPS) is 15.6. The number of nitrogens with one attached hydrogen (secondary N) is 2. The lowest BCUT2D eigenvalue weighted by Crippen LogP contribution is -2.38. The molecule has 2 heterocycles. The lowest BCUT2D eigenvalue weighted by Gasteiger charge is -2.22. The van der Waals surface area contributed by atoms with Gasteiger partial charge in [-0.05, 0) is 49.6 Å². The molecule has 1 saturated heterocycles. The van der Waals surface area contributed by atoms with Crippen LogP contribution in [0.5, 0.6) is 0 Å². The number of rotatable bonds is 6. The van der Waals surface area contributed by atoms with Crippen molar-refractivity contribution < 1.29 is 9.21 Å². The van der Waals surface area contributed by atoms with Gasteiger partial charge in [-0.2, -0.15) is 0 Å². The molecular formula is C20H27N5O2. The van der Waals surface area contributed by atoms with Gasteiger partial charge in [-0.15, -0.1) is 0 Å². The summed E-state index contributed by atoms with van der Waals surface area (Å²) in [6.45, 7) is 4.78. The third-order valence-electron chi connectivity index (χ3n) is 4.75. The van der Waals surface area contributed by atoms with Crippen LogP contribution in [-0.2, 0) is 6.54 Å². The zero-order chi connectivity index (χ0) is 19.2. The van der Waals surface area contributed by atoms with Gasteiger partial charge in [0.05, 0.1) is 12.6 Å². The summed E-state index contributed by atoms with van der Waals surface area (Å²) in [4.78, 5) is 17.8. The number of carbonyl (C=O) groups is 1. The molecule has 0 saturated carbocycles. The van der Waals surface area contributed by atoms with Crippen molar-refractivity contribution in [2.75, 3.05) is 25.0 Å². The maximum atomic E-state index is 11.1. The van der Waals surface area contributed by atoms with Crippen molar-refractivity contribution in [1.82, 2.24) is 10.6 Å². The molecular weight excluding hydrogens is 342 g/mol. The van der Waals surface area contributed by atoms with E-state index in [0.29, 0.717) is 18.3 Å². The van der Waals surface area contributed by atoms with E-state index < -0.39 is 5.91 Å². The van der Waals surface area contributed by atoms with E-state index in [1.165, 1.54) is 24.1 Å². The zero-order valence-corrected chi connectivity index (χ0v) is 15.9. The zero-order valence-electron chi connectivity index (χ0n) is 15.9. The lowest BCUT2D eigenvalue weighted by atomic mass is 10.1. The standard InChI is InChI=1S/C20H27N5O2/c1-14(15-6-5-7-16(12-15)25-10-3-4-11-25)24-20(22-2)23-13-17-8-9-18(27-17)19(21)26/h5-9,12,14H,3-4,10-11,13H2,1-2H3,(H2,21,26)(H2,22,23,24). The minimum atomic E-state index is -0.574. The maximum Gasteiger partial charge on any atom is 0.284 e. The maximum absolute atomic E-state index is 11.1. The number of guanidine groups is 1. The molecule has 1 aliphatic rings. The average molecular weight is 369 g/mol. The molecule has 1 aromatic heterocycles. The fourth-order valence-electron chi connectivity index (χ4n) is 3.23. The van der Waals surface area contributed by atoms with E-state index in [4.69, 9.17) is 10.2 Å². The molecule has 0 radical (unpaired) electrons. The van der Waals surface area contributed by atoms with Crippen molar-refractivity contribution in [2.45, 2.75) is 32.4 Å². The molecule has 0 aliphatic carbocycles. The third kappa shape index (κ3) is 4.81. The molecule has 2 aromatic rings. The first kappa shape index (κ1) is 18.8. The van der Waals surface area contributed by atoms with Gasteiger partial charge in [-0.1, -0.05) is 12.1 Å². The molecule has 1 aromatic carbocycles. The molecule has 0 spiro atoms. The molecule has 7 nitrogen and oxygen atoms in total. The minimum Gasteiger partial charge on any atom is -0.454 e. The second kappa shape index (κ2) is 8.62. The summed E-state index contributed by atoms with van der Waals surface area (Å²) in [6, 6.07) is 12.0. The average Bonchev–Trinajstić information content (AvgIpc) is 3.37. The largest absolute Gasteiger partial charge is 0.454 e. The first-order valence-corrected chi connectivity index (χ1v) is 9.27. The van der Waals surface area contributed by atoms with Gasteiger partial charge in [0.1, 0.15) is 5.76 Å². The molecule has 7 heteroatoms. The Kier molecular flexibility index (Phi) is 6.01. The molecule has 4 N–H and O–H groups in total. The Balaban J connectivity index is 1.58. The van der Waals surface area contributed by atoms with Crippen LogP contribution in [0.2, 0.25) is 0 Å². The second-order valence-electron chi connectivity index (χ2n) is 6.71. The van der Waals surface area contributed by atoms with Crippen molar-refractivity contribution in [3.05, 3.63) is 53.5 Å². The van der Waals surface area contributed by atoms with Gasteiger partial charge in [0.15, 0.2) is 11.7 Å². The molecule has 1 fully saturated rings. The number of nitrogens with two attached hydrogens (primary N) is 1. The number of primary amides is 1. The summed E-state index contributed by atoms with van der Waals surface area (Å²) in [6.07, 6.45) is 2.53. The number of aliphatic imine (C=N–C) groups is 1. The van der Waals surface area contributed by atoms with Crippen LogP contribution in [0.15, 0.2) is 45.8 Å². The molecule has 1 unspecified atom stereocenters. The summed E-state index contributed by atoms with van der Waals surface area (Å²) >= 11 is 0. The van der Waals surface area contributed by atoms with Crippen LogP contribution in [-0.4, -0.2) is 32.0 Å². The Morgan fingerprint density at radius 1 is 1.30 bits per heavy atom. The summed E-state index contributed by atoms with van der Waals surface area (Å²) < 4.78 is 5.38. The van der Waals surface area contributed by atoms with Crippen LogP contribution in [0.3, 0.4) is 0 Å². The molecule has 27 heavy (non-hydrogen) atoms. The van der Waals surface area contributed by atoms with E-state index in [1.54, 1.807) is 19.2 Å². The number of anilines is 1. The van der Waals surface area contributed by atoms with E-state index in [9.17, 15) is 4.79 Å². The van der Waals surface area contributed by atoms with Gasteiger partial charge < -0.3 is 25.7 Å². The highest BCUT2D eigenvalue weighted by molar-refractivity contribution is 5.89. The number of amides is 1. The van der Waals surface area contributed by atoms with Crippen molar-refractivity contribution in [3.63, 3.8) is 0 Å². The van der Waals surface area contributed by atoms with E-state index in [1.807, 2.05) is 0 Å². The van der Waals surface area contributed by atoms with Crippen LogP contribution >= 0.6 is 0 Å². The molecule has 1 atom stereocenters. The highest BCUT2D eigenvalue weighted by Crippen LogP contribution is 2.23. The summed E-state index contributed by atoms with van der Waals surface area (Å²) in [5.41, 5.74) is 7.68. The minimum absolute atomic E-state index is 0.0940. The topological polar surface area (TPSA) is 95.9 Å². The van der Waals surface area contributed by atoms with Gasteiger partial charge >= 0.3 is 0 Å². The highest BCUT2D eigenvalue weighted by atomic mass is 16.3. The first-order valence-electron chi connectivity index (χ1n) is 9.27. The third-order valence-corrected chi connectivity index (χ3v) is 4.75. The predicted octanol–water partition coefficient (Wildman–Crippen LogP) is 2.40. The van der Waals surface area contributed by atoms with Gasteiger partial charge in [-0.3, -0.25) is 9.79 Å². The first-order chi connectivity index (χ1) is 13.1. The SMILES string of the molecule is CN=C(NCc1ccc(C(N)=O)o1)NC(C)c1cccc(N2CCCC2)c1. The van der Waals surface area contributed by atoms with Gasteiger partial charge in [0.2, 0.25) is 0 Å². The van der Waals surface area contributed by atoms with Crippen molar-refractivity contribution >= 4 is 17.6 Å². The smallest absolute Gasteiger partial charge is 0.284 e. The number of benzene rings is 1. The molecule has 3 rings (SSSR count). The number of furan rings is 1. The van der Waals surface area contributed by atoms with Crippen LogP contribution in [0.25, 0.3) is 0 Å². The Bertz CT molecular complexity index is 808. The molecule has 1 amide bonds. The summed E-state index contributed by atoms with van der Waals surface area (Å²) in [5, 5.41) is 6.58. The Labute approximate surface area is 159 Å². The van der Waals surface area contributed by atoms with Crippen LogP contribution in [0.1, 0.15) is 47.7 Å². The van der Waals surface area contributed by atoms with Gasteiger partial charge in [0, 0.05) is 25.8 Å². The Morgan fingerprint density at radius 2 is 2.07 bits per heavy atom. The van der Waals surface area contributed by atoms with E-state index in [-0.39, 0.29) is 11.8 Å². The number of hydrogen-bond donors (Lipinski definition) is 3. The number of hydrogen-bond acceptors (Lipinski definition) is 4. The van der Waals surface area contributed by atoms with Crippen molar-refractivity contribution in [1.29, 1.82) is 0 Å². The fraction of sp³-hybridized carbons (Fsp3) is 0.400. The fourth-order valence-corrected chi connectivity index (χ4v) is 3.23. The monoisotopic (exact) mass is 369 g/mol. The van der Waals surface area contributed by atoms with Crippen molar-refractivity contribution in [3.8, 4) is 0 Å². The van der Waals surface area contributed by atoms with E-state index in [2.05, 4.69) is 51.7 Å². The second-order valence-corrected chi connectivity index (χ2v) is 6.71. The van der Waals surface area contributed by atoms with Crippen molar-refractivity contribution in [2.24, 2.45) is 10.7 Å². The van der Waals surface area contributed by atoms with Crippen LogP contribution in [0, 0.1) is 0 Å². The van der Waals surface area contributed by atoms with E-state index >= 15 is 0 Å². The molecule has 144 valence electrons. The summed E-state index contributed by atoms with van der Waals surface area (Å²) in [7, 11) is 1.72. The van der Waals surface area contributed by atoms with Gasteiger partial charge in [0.25, 0.3) is 5.91 Å². The predicted molar refractivity (Wildman–Crippen MR) is 107 cm³/mol. The molecule has 1 aliphatic heterocycles.